The van der Waals surface area contributed by atoms with Gasteiger partial charge in [0.05, 0.1) is 0 Å². The van der Waals surface area contributed by atoms with Crippen LogP contribution < -0.4 is 0 Å². The second-order valence-electron chi connectivity index (χ2n) is 10.3. The Hall–Kier alpha value is -1.82. The van der Waals surface area contributed by atoms with E-state index in [4.69, 9.17) is 0 Å². The molecule has 0 atom stereocenters. The van der Waals surface area contributed by atoms with Gasteiger partial charge in [-0.2, -0.15) is 0 Å². The summed E-state index contributed by atoms with van der Waals surface area (Å²) in [5.41, 5.74) is 9.64. The summed E-state index contributed by atoms with van der Waals surface area (Å²) in [4.78, 5) is 0. The standard InChI is InChI=1S/C28H36/c1-5-15-28(16-6-7-17-28)20-21-18-23-9-8-10-25(26(23)19-21)22-11-13-24(14-12-22)27(2,3)4/h8-14,19H,5-7,15-18,20H2,1-4H3. The fourth-order valence-corrected chi connectivity index (χ4v) is 5.60. The van der Waals surface area contributed by atoms with Crippen molar-refractivity contribution in [2.45, 2.75) is 84.5 Å². The molecule has 0 radical (unpaired) electrons. The highest BCUT2D eigenvalue weighted by atomic mass is 14.4. The van der Waals surface area contributed by atoms with Crippen molar-refractivity contribution in [2.24, 2.45) is 5.41 Å². The SMILES string of the molecule is CCCC1(CC2=Cc3c(cccc3-c3ccc(C(C)(C)C)cc3)C2)CCCC1. The van der Waals surface area contributed by atoms with Crippen LogP contribution in [0.15, 0.2) is 48.0 Å². The number of hydrogen-bond donors (Lipinski definition) is 0. The van der Waals surface area contributed by atoms with Crippen LogP contribution in [0.1, 0.15) is 89.3 Å². The van der Waals surface area contributed by atoms with Crippen LogP contribution in [0.3, 0.4) is 0 Å². The molecule has 0 spiro atoms. The Morgan fingerprint density at radius 2 is 1.64 bits per heavy atom. The van der Waals surface area contributed by atoms with Gasteiger partial charge in [-0.3, -0.25) is 0 Å². The number of benzene rings is 2. The van der Waals surface area contributed by atoms with Crippen LogP contribution in [-0.2, 0) is 11.8 Å². The van der Waals surface area contributed by atoms with Crippen LogP contribution >= 0.6 is 0 Å². The lowest BCUT2D eigenvalue weighted by atomic mass is 9.76. The number of rotatable bonds is 5. The van der Waals surface area contributed by atoms with Crippen molar-refractivity contribution in [1.82, 2.24) is 0 Å². The zero-order valence-electron chi connectivity index (χ0n) is 18.3. The van der Waals surface area contributed by atoms with E-state index in [-0.39, 0.29) is 5.41 Å². The molecule has 0 aromatic heterocycles. The summed E-state index contributed by atoms with van der Waals surface area (Å²) in [5, 5.41) is 0. The molecule has 0 aliphatic heterocycles. The minimum absolute atomic E-state index is 0.207. The van der Waals surface area contributed by atoms with Crippen molar-refractivity contribution in [1.29, 1.82) is 0 Å². The maximum absolute atomic E-state index is 2.54. The first-order valence-corrected chi connectivity index (χ1v) is 11.3. The third kappa shape index (κ3) is 3.84. The van der Waals surface area contributed by atoms with Gasteiger partial charge in [-0.1, -0.05) is 101 Å². The largest absolute Gasteiger partial charge is 0.0654 e. The zero-order chi connectivity index (χ0) is 19.8. The van der Waals surface area contributed by atoms with Crippen LogP contribution in [0.2, 0.25) is 0 Å². The molecule has 148 valence electrons. The van der Waals surface area contributed by atoms with Crippen molar-refractivity contribution < 1.29 is 0 Å². The first-order chi connectivity index (χ1) is 13.4. The van der Waals surface area contributed by atoms with E-state index in [1.807, 2.05) is 0 Å². The van der Waals surface area contributed by atoms with Crippen LogP contribution in [0.5, 0.6) is 0 Å². The Morgan fingerprint density at radius 1 is 0.929 bits per heavy atom. The molecule has 2 aromatic carbocycles. The number of fused-ring (bicyclic) bond motifs is 1. The molecule has 0 amide bonds. The molecule has 0 bridgehead atoms. The summed E-state index contributed by atoms with van der Waals surface area (Å²) in [6.07, 6.45) is 13.5. The van der Waals surface area contributed by atoms with Gasteiger partial charge in [-0.25, -0.2) is 0 Å². The summed E-state index contributed by atoms with van der Waals surface area (Å²) >= 11 is 0. The molecule has 0 unspecified atom stereocenters. The van der Waals surface area contributed by atoms with Gasteiger partial charge in [0.15, 0.2) is 0 Å². The molecule has 0 saturated heterocycles. The van der Waals surface area contributed by atoms with E-state index >= 15 is 0 Å². The van der Waals surface area contributed by atoms with Crippen molar-refractivity contribution in [2.75, 3.05) is 0 Å². The minimum Gasteiger partial charge on any atom is -0.0654 e. The molecule has 2 aromatic rings. The summed E-state index contributed by atoms with van der Waals surface area (Å²) in [6, 6.07) is 16.1. The average Bonchev–Trinajstić information content (AvgIpc) is 3.28. The Morgan fingerprint density at radius 3 is 2.29 bits per heavy atom. The second-order valence-corrected chi connectivity index (χ2v) is 10.3. The Kier molecular flexibility index (Phi) is 5.25. The summed E-state index contributed by atoms with van der Waals surface area (Å²) in [7, 11) is 0. The average molecular weight is 373 g/mol. The predicted molar refractivity (Wildman–Crippen MR) is 123 cm³/mol. The van der Waals surface area contributed by atoms with E-state index in [1.54, 1.807) is 5.57 Å². The van der Waals surface area contributed by atoms with Crippen LogP contribution in [0.25, 0.3) is 17.2 Å². The molecule has 0 heterocycles. The fraction of sp³-hybridized carbons (Fsp3) is 0.500. The summed E-state index contributed by atoms with van der Waals surface area (Å²) in [6.45, 7) is 9.21. The molecular weight excluding hydrogens is 336 g/mol. The molecule has 28 heavy (non-hydrogen) atoms. The van der Waals surface area contributed by atoms with E-state index < -0.39 is 0 Å². The van der Waals surface area contributed by atoms with E-state index in [0.717, 1.165) is 6.42 Å². The van der Waals surface area contributed by atoms with Gasteiger partial charge >= 0.3 is 0 Å². The smallest absolute Gasteiger partial charge is 0.00574 e. The Labute approximate surface area is 172 Å². The van der Waals surface area contributed by atoms with Crippen molar-refractivity contribution in [3.05, 3.63) is 64.7 Å². The normalized spacial score (nSPS) is 18.2. The molecule has 2 aliphatic carbocycles. The highest BCUT2D eigenvalue weighted by molar-refractivity contribution is 5.81. The van der Waals surface area contributed by atoms with Gasteiger partial charge in [0, 0.05) is 0 Å². The van der Waals surface area contributed by atoms with Crippen molar-refractivity contribution in [3.63, 3.8) is 0 Å². The molecule has 4 rings (SSSR count). The third-order valence-electron chi connectivity index (χ3n) is 7.07. The van der Waals surface area contributed by atoms with E-state index in [1.165, 1.54) is 72.8 Å². The van der Waals surface area contributed by atoms with Gasteiger partial charge in [-0.05, 0) is 70.8 Å². The van der Waals surface area contributed by atoms with Crippen LogP contribution in [-0.4, -0.2) is 0 Å². The summed E-state index contributed by atoms with van der Waals surface area (Å²) in [5.74, 6) is 0. The summed E-state index contributed by atoms with van der Waals surface area (Å²) < 4.78 is 0. The van der Waals surface area contributed by atoms with Gasteiger partial charge < -0.3 is 0 Å². The molecule has 0 nitrogen and oxygen atoms in total. The van der Waals surface area contributed by atoms with Gasteiger partial charge in [0.25, 0.3) is 0 Å². The van der Waals surface area contributed by atoms with E-state index in [0.29, 0.717) is 5.41 Å². The first-order valence-electron chi connectivity index (χ1n) is 11.3. The second kappa shape index (κ2) is 7.54. The third-order valence-corrected chi connectivity index (χ3v) is 7.07. The zero-order valence-corrected chi connectivity index (χ0v) is 18.3. The lowest BCUT2D eigenvalue weighted by Crippen LogP contribution is -2.17. The van der Waals surface area contributed by atoms with Crippen molar-refractivity contribution >= 4 is 6.08 Å². The topological polar surface area (TPSA) is 0 Å². The molecule has 1 fully saturated rings. The Balaban J connectivity index is 1.62. The lowest BCUT2D eigenvalue weighted by molar-refractivity contribution is 0.265. The van der Waals surface area contributed by atoms with Gasteiger partial charge in [-0.15, -0.1) is 0 Å². The first kappa shape index (κ1) is 19.5. The van der Waals surface area contributed by atoms with Crippen LogP contribution in [0, 0.1) is 5.41 Å². The number of hydrogen-bond acceptors (Lipinski definition) is 0. The molecule has 0 heteroatoms. The fourth-order valence-electron chi connectivity index (χ4n) is 5.60. The molecule has 0 N–H and O–H groups in total. The Bertz CT molecular complexity index is 852. The van der Waals surface area contributed by atoms with E-state index in [2.05, 4.69) is 76.2 Å². The van der Waals surface area contributed by atoms with Gasteiger partial charge in [0.1, 0.15) is 0 Å². The minimum atomic E-state index is 0.207. The van der Waals surface area contributed by atoms with E-state index in [9.17, 15) is 0 Å². The molecule has 1 saturated carbocycles. The molecule has 2 aliphatic rings. The lowest BCUT2D eigenvalue weighted by Gasteiger charge is -2.29. The quantitative estimate of drug-likeness (QED) is 0.494. The maximum atomic E-state index is 2.54. The maximum Gasteiger partial charge on any atom is -0.00574 e. The highest BCUT2D eigenvalue weighted by Crippen LogP contribution is 2.48. The van der Waals surface area contributed by atoms with Crippen molar-refractivity contribution in [3.8, 4) is 11.1 Å². The predicted octanol–water partition coefficient (Wildman–Crippen LogP) is 8.34. The van der Waals surface area contributed by atoms with Gasteiger partial charge in [0.2, 0.25) is 0 Å². The monoisotopic (exact) mass is 372 g/mol. The van der Waals surface area contributed by atoms with Crippen LogP contribution in [0.4, 0.5) is 0 Å². The molecular formula is C28H36. The highest BCUT2D eigenvalue weighted by Gasteiger charge is 2.34. The number of allylic oxidation sites excluding steroid dienone is 1.